The number of methoxy groups -OCH3 is 1. The highest BCUT2D eigenvalue weighted by Gasteiger charge is 2.28. The number of amides is 2. The SMILES string of the molecule is COc1cccc(NC(=O)Nc2ccc3c(c2)CN(S(=O)(=O)c2ccccc2)CC3)c1. The van der Waals surface area contributed by atoms with Crippen molar-refractivity contribution < 1.29 is 17.9 Å². The van der Waals surface area contributed by atoms with Crippen LogP contribution in [0.25, 0.3) is 0 Å². The van der Waals surface area contributed by atoms with Crippen LogP contribution in [0.5, 0.6) is 5.75 Å². The number of ether oxygens (including phenoxy) is 1. The molecule has 0 fully saturated rings. The summed E-state index contributed by atoms with van der Waals surface area (Å²) in [6.07, 6.45) is 0.623. The van der Waals surface area contributed by atoms with Gasteiger partial charge in [0.05, 0.1) is 12.0 Å². The number of carbonyl (C=O) groups is 1. The van der Waals surface area contributed by atoms with Gasteiger partial charge in [-0.15, -0.1) is 0 Å². The zero-order valence-electron chi connectivity index (χ0n) is 17.0. The molecule has 0 unspecified atom stereocenters. The van der Waals surface area contributed by atoms with Gasteiger partial charge in [0.15, 0.2) is 0 Å². The highest BCUT2D eigenvalue weighted by Crippen LogP contribution is 2.27. The maximum absolute atomic E-state index is 13.0. The van der Waals surface area contributed by atoms with Crippen molar-refractivity contribution in [3.05, 3.63) is 83.9 Å². The lowest BCUT2D eigenvalue weighted by atomic mass is 10.0. The maximum atomic E-state index is 13.0. The average Bonchev–Trinajstić information content (AvgIpc) is 2.79. The second-order valence-electron chi connectivity index (χ2n) is 7.20. The minimum Gasteiger partial charge on any atom is -0.497 e. The summed E-state index contributed by atoms with van der Waals surface area (Å²) in [5, 5.41) is 5.57. The number of carbonyl (C=O) groups excluding carboxylic acids is 1. The van der Waals surface area contributed by atoms with Crippen molar-refractivity contribution in [1.82, 2.24) is 4.31 Å². The Kier molecular flexibility index (Phi) is 5.92. The molecular formula is C23H23N3O4S. The van der Waals surface area contributed by atoms with E-state index in [2.05, 4.69) is 10.6 Å². The van der Waals surface area contributed by atoms with Gasteiger partial charge in [-0.05, 0) is 53.9 Å². The molecule has 4 rings (SSSR count). The molecule has 7 nitrogen and oxygen atoms in total. The van der Waals surface area contributed by atoms with Crippen molar-refractivity contribution in [2.75, 3.05) is 24.3 Å². The zero-order chi connectivity index (χ0) is 21.8. The largest absolute Gasteiger partial charge is 0.497 e. The third-order valence-corrected chi connectivity index (χ3v) is 7.01. The van der Waals surface area contributed by atoms with Crippen LogP contribution in [0.4, 0.5) is 16.2 Å². The summed E-state index contributed by atoms with van der Waals surface area (Å²) in [6, 6.07) is 20.7. The molecule has 2 amide bonds. The Labute approximate surface area is 181 Å². The highest BCUT2D eigenvalue weighted by molar-refractivity contribution is 7.89. The van der Waals surface area contributed by atoms with Gasteiger partial charge in [-0.3, -0.25) is 0 Å². The van der Waals surface area contributed by atoms with Gasteiger partial charge in [0, 0.05) is 30.5 Å². The van der Waals surface area contributed by atoms with Crippen LogP contribution in [0.3, 0.4) is 0 Å². The van der Waals surface area contributed by atoms with Crippen molar-refractivity contribution in [1.29, 1.82) is 0 Å². The Morgan fingerprint density at radius 1 is 0.903 bits per heavy atom. The molecular weight excluding hydrogens is 414 g/mol. The molecule has 0 saturated carbocycles. The normalized spacial score (nSPS) is 13.8. The number of hydrogen-bond donors (Lipinski definition) is 2. The number of hydrogen-bond acceptors (Lipinski definition) is 4. The second kappa shape index (κ2) is 8.79. The summed E-state index contributed by atoms with van der Waals surface area (Å²) in [5.74, 6) is 0.645. The molecule has 0 spiro atoms. The predicted molar refractivity (Wildman–Crippen MR) is 120 cm³/mol. The molecule has 1 aliphatic heterocycles. The molecule has 1 aliphatic rings. The van der Waals surface area contributed by atoms with Gasteiger partial charge in [-0.1, -0.05) is 30.3 Å². The Hall–Kier alpha value is -3.36. The Morgan fingerprint density at radius 3 is 2.39 bits per heavy atom. The standard InChI is InChI=1S/C23H23N3O4S/c1-30-21-7-5-6-19(15-21)24-23(27)25-20-11-10-17-12-13-26(16-18(17)14-20)31(28,29)22-8-3-2-4-9-22/h2-11,14-15H,12-13,16H2,1H3,(H2,24,25,27). The van der Waals surface area contributed by atoms with Gasteiger partial charge in [0.1, 0.15) is 5.75 Å². The Morgan fingerprint density at radius 2 is 1.65 bits per heavy atom. The Bertz CT molecular complexity index is 1200. The number of benzene rings is 3. The third-order valence-electron chi connectivity index (χ3n) is 5.15. The summed E-state index contributed by atoms with van der Waals surface area (Å²) in [6.45, 7) is 0.687. The van der Waals surface area contributed by atoms with Crippen molar-refractivity contribution in [2.45, 2.75) is 17.9 Å². The van der Waals surface area contributed by atoms with Gasteiger partial charge < -0.3 is 15.4 Å². The molecule has 0 bridgehead atoms. The summed E-state index contributed by atoms with van der Waals surface area (Å²) >= 11 is 0. The first-order valence-electron chi connectivity index (χ1n) is 9.85. The molecule has 0 aromatic heterocycles. The van der Waals surface area contributed by atoms with E-state index in [0.717, 1.165) is 11.1 Å². The maximum Gasteiger partial charge on any atom is 0.323 e. The van der Waals surface area contributed by atoms with E-state index < -0.39 is 16.1 Å². The van der Waals surface area contributed by atoms with Crippen LogP contribution in [0.1, 0.15) is 11.1 Å². The summed E-state index contributed by atoms with van der Waals surface area (Å²) in [5.41, 5.74) is 3.16. The molecule has 1 heterocycles. The number of anilines is 2. The molecule has 0 atom stereocenters. The van der Waals surface area contributed by atoms with Gasteiger partial charge in [-0.2, -0.15) is 4.31 Å². The number of nitrogens with zero attached hydrogens (tertiary/aromatic N) is 1. The smallest absolute Gasteiger partial charge is 0.323 e. The van der Waals surface area contributed by atoms with E-state index in [1.54, 1.807) is 61.7 Å². The number of urea groups is 1. The topological polar surface area (TPSA) is 87.7 Å². The van der Waals surface area contributed by atoms with Gasteiger partial charge in [-0.25, -0.2) is 13.2 Å². The number of fused-ring (bicyclic) bond motifs is 1. The van der Waals surface area contributed by atoms with Crippen molar-refractivity contribution in [3.8, 4) is 5.75 Å². The van der Waals surface area contributed by atoms with Crippen LogP contribution >= 0.6 is 0 Å². The quantitative estimate of drug-likeness (QED) is 0.629. The van der Waals surface area contributed by atoms with Crippen LogP contribution < -0.4 is 15.4 Å². The fourth-order valence-electron chi connectivity index (χ4n) is 3.55. The zero-order valence-corrected chi connectivity index (χ0v) is 17.9. The first-order chi connectivity index (χ1) is 15.0. The lowest BCUT2D eigenvalue weighted by molar-refractivity contribution is 0.262. The number of rotatable bonds is 5. The summed E-state index contributed by atoms with van der Waals surface area (Å²) < 4.78 is 32.5. The van der Waals surface area contributed by atoms with Crippen molar-refractivity contribution in [2.24, 2.45) is 0 Å². The van der Waals surface area contributed by atoms with Gasteiger partial charge >= 0.3 is 6.03 Å². The summed E-state index contributed by atoms with van der Waals surface area (Å²) in [4.78, 5) is 12.7. The van der Waals surface area contributed by atoms with E-state index in [1.165, 1.54) is 4.31 Å². The molecule has 2 N–H and O–H groups in total. The number of sulfonamides is 1. The van der Waals surface area contributed by atoms with Gasteiger partial charge in [0.25, 0.3) is 0 Å². The van der Waals surface area contributed by atoms with E-state index in [9.17, 15) is 13.2 Å². The third kappa shape index (κ3) is 4.70. The van der Waals surface area contributed by atoms with Crippen molar-refractivity contribution in [3.63, 3.8) is 0 Å². The van der Waals surface area contributed by atoms with Crippen molar-refractivity contribution >= 4 is 27.4 Å². The second-order valence-corrected chi connectivity index (χ2v) is 9.13. The number of nitrogens with one attached hydrogen (secondary N) is 2. The van der Waals surface area contributed by atoms with Gasteiger partial charge in [0.2, 0.25) is 10.0 Å². The fourth-order valence-corrected chi connectivity index (χ4v) is 4.99. The van der Waals surface area contributed by atoms with E-state index >= 15 is 0 Å². The fraction of sp³-hybridized carbons (Fsp3) is 0.174. The van der Waals surface area contributed by atoms with Crippen LogP contribution in [0, 0.1) is 0 Å². The molecule has 0 saturated heterocycles. The first kappa shape index (κ1) is 20.9. The van der Waals surface area contributed by atoms with E-state index in [0.29, 0.717) is 30.1 Å². The molecule has 31 heavy (non-hydrogen) atoms. The van der Waals surface area contributed by atoms with Crippen LogP contribution in [0.15, 0.2) is 77.7 Å². The first-order valence-corrected chi connectivity index (χ1v) is 11.3. The lowest BCUT2D eigenvalue weighted by Gasteiger charge is -2.28. The van der Waals surface area contributed by atoms with Crippen LogP contribution in [-0.2, 0) is 23.0 Å². The predicted octanol–water partition coefficient (Wildman–Crippen LogP) is 4.09. The highest BCUT2D eigenvalue weighted by atomic mass is 32.2. The molecule has 3 aromatic rings. The minimum atomic E-state index is -3.57. The monoisotopic (exact) mass is 437 g/mol. The lowest BCUT2D eigenvalue weighted by Crippen LogP contribution is -2.36. The van der Waals surface area contributed by atoms with Crippen LogP contribution in [-0.4, -0.2) is 32.4 Å². The van der Waals surface area contributed by atoms with E-state index in [-0.39, 0.29) is 11.4 Å². The molecule has 3 aromatic carbocycles. The molecule has 160 valence electrons. The molecule has 0 radical (unpaired) electrons. The van der Waals surface area contributed by atoms with E-state index in [1.807, 2.05) is 18.2 Å². The summed E-state index contributed by atoms with van der Waals surface area (Å²) in [7, 11) is -2.00. The Balaban J connectivity index is 1.47. The molecule has 8 heteroatoms. The average molecular weight is 438 g/mol. The minimum absolute atomic E-state index is 0.263. The molecule has 0 aliphatic carbocycles. The van der Waals surface area contributed by atoms with E-state index in [4.69, 9.17) is 4.74 Å². The van der Waals surface area contributed by atoms with Crippen LogP contribution in [0.2, 0.25) is 0 Å².